The molecule has 0 saturated heterocycles. The van der Waals surface area contributed by atoms with Gasteiger partial charge in [-0.25, -0.2) is 8.42 Å². The molecule has 0 saturated carbocycles. The average molecular weight is 378 g/mol. The number of rotatable bonds is 7. The van der Waals surface area contributed by atoms with Crippen molar-refractivity contribution in [2.24, 2.45) is 0 Å². The highest BCUT2D eigenvalue weighted by molar-refractivity contribution is 7.92. The zero-order chi connectivity index (χ0) is 19.3. The number of nitro groups is 1. The summed E-state index contributed by atoms with van der Waals surface area (Å²) in [6.45, 7) is 3.88. The molecule has 138 valence electrons. The Hall–Kier alpha value is -2.94. The molecule has 0 radical (unpaired) electrons. The quantitative estimate of drug-likeness (QED) is 0.585. The summed E-state index contributed by atoms with van der Waals surface area (Å²) < 4.78 is 29.8. The molecule has 2 aromatic rings. The molecule has 0 bridgehead atoms. The molecule has 2 aromatic carbocycles. The number of ether oxygens (including phenoxy) is 1. The van der Waals surface area contributed by atoms with Crippen LogP contribution in [0.15, 0.2) is 47.4 Å². The number of nitrogens with one attached hydrogen (secondary N) is 1. The van der Waals surface area contributed by atoms with Crippen molar-refractivity contribution in [3.05, 3.63) is 58.1 Å². The SMILES string of the molecule is CCOc1ccc(NC(=O)CS(=O)(=O)c2ccc(C)cc2)c([N+](=O)[O-])c1. The van der Waals surface area contributed by atoms with Gasteiger partial charge < -0.3 is 10.1 Å². The molecule has 8 nitrogen and oxygen atoms in total. The fourth-order valence-corrected chi connectivity index (χ4v) is 3.35. The van der Waals surface area contributed by atoms with E-state index in [2.05, 4.69) is 5.32 Å². The van der Waals surface area contributed by atoms with Gasteiger partial charge in [0.1, 0.15) is 17.2 Å². The molecular formula is C17H18N2O6S. The van der Waals surface area contributed by atoms with E-state index in [9.17, 15) is 23.3 Å². The van der Waals surface area contributed by atoms with E-state index in [4.69, 9.17) is 4.74 Å². The second-order valence-corrected chi connectivity index (χ2v) is 7.48. The van der Waals surface area contributed by atoms with Crippen molar-refractivity contribution >= 4 is 27.1 Å². The van der Waals surface area contributed by atoms with Gasteiger partial charge in [-0.15, -0.1) is 0 Å². The Bertz CT molecular complexity index is 923. The molecular weight excluding hydrogens is 360 g/mol. The molecule has 26 heavy (non-hydrogen) atoms. The summed E-state index contributed by atoms with van der Waals surface area (Å²) in [7, 11) is -3.85. The molecule has 0 aromatic heterocycles. The van der Waals surface area contributed by atoms with Crippen molar-refractivity contribution < 1.29 is 22.9 Å². The largest absolute Gasteiger partial charge is 0.494 e. The third-order valence-electron chi connectivity index (χ3n) is 3.45. The van der Waals surface area contributed by atoms with Crippen molar-refractivity contribution in [3.63, 3.8) is 0 Å². The predicted octanol–water partition coefficient (Wildman–Crippen LogP) is 2.71. The van der Waals surface area contributed by atoms with E-state index in [0.717, 1.165) is 5.56 Å². The highest BCUT2D eigenvalue weighted by atomic mass is 32.2. The minimum atomic E-state index is -3.85. The van der Waals surface area contributed by atoms with E-state index in [1.165, 1.54) is 30.3 Å². The summed E-state index contributed by atoms with van der Waals surface area (Å²) >= 11 is 0. The number of anilines is 1. The van der Waals surface area contributed by atoms with Crippen LogP contribution in [0.25, 0.3) is 0 Å². The fraction of sp³-hybridized carbons (Fsp3) is 0.235. The third kappa shape index (κ3) is 4.79. The molecule has 0 heterocycles. The first-order valence-electron chi connectivity index (χ1n) is 7.73. The molecule has 1 N–H and O–H groups in total. The van der Waals surface area contributed by atoms with Crippen molar-refractivity contribution in [3.8, 4) is 5.75 Å². The van der Waals surface area contributed by atoms with Gasteiger partial charge in [0.25, 0.3) is 5.69 Å². The maximum absolute atomic E-state index is 12.3. The Morgan fingerprint density at radius 3 is 2.42 bits per heavy atom. The van der Waals surface area contributed by atoms with Crippen LogP contribution in [-0.4, -0.2) is 31.6 Å². The second kappa shape index (κ2) is 7.96. The minimum absolute atomic E-state index is 0.0134. The van der Waals surface area contributed by atoms with Gasteiger partial charge in [0, 0.05) is 0 Å². The molecule has 2 rings (SSSR count). The summed E-state index contributed by atoms with van der Waals surface area (Å²) in [6.07, 6.45) is 0. The van der Waals surface area contributed by atoms with Gasteiger partial charge in [0.15, 0.2) is 9.84 Å². The van der Waals surface area contributed by atoms with E-state index in [-0.39, 0.29) is 22.0 Å². The van der Waals surface area contributed by atoms with E-state index < -0.39 is 26.4 Å². The van der Waals surface area contributed by atoms with Crippen LogP contribution in [-0.2, 0) is 14.6 Å². The Labute approximate surface area is 150 Å². The normalized spacial score (nSPS) is 11.0. The molecule has 1 amide bonds. The number of hydrogen-bond acceptors (Lipinski definition) is 6. The lowest BCUT2D eigenvalue weighted by molar-refractivity contribution is -0.384. The zero-order valence-corrected chi connectivity index (χ0v) is 15.1. The third-order valence-corrected chi connectivity index (χ3v) is 5.08. The number of carbonyl (C=O) groups excluding carboxylic acids is 1. The van der Waals surface area contributed by atoms with Crippen molar-refractivity contribution in [2.75, 3.05) is 17.7 Å². The van der Waals surface area contributed by atoms with Crippen molar-refractivity contribution in [1.29, 1.82) is 0 Å². The highest BCUT2D eigenvalue weighted by Gasteiger charge is 2.22. The number of benzene rings is 2. The summed E-state index contributed by atoms with van der Waals surface area (Å²) in [5.74, 6) is -1.40. The minimum Gasteiger partial charge on any atom is -0.494 e. The summed E-state index contributed by atoms with van der Waals surface area (Å²) in [4.78, 5) is 22.6. The van der Waals surface area contributed by atoms with Gasteiger partial charge in [-0.1, -0.05) is 17.7 Å². The van der Waals surface area contributed by atoms with Gasteiger partial charge in [0.05, 0.1) is 22.5 Å². The Kier molecular flexibility index (Phi) is 5.93. The Balaban J connectivity index is 2.19. The Morgan fingerprint density at radius 1 is 1.19 bits per heavy atom. The molecule has 0 atom stereocenters. The fourth-order valence-electron chi connectivity index (χ4n) is 2.21. The predicted molar refractivity (Wildman–Crippen MR) is 96.1 cm³/mol. The highest BCUT2D eigenvalue weighted by Crippen LogP contribution is 2.29. The van der Waals surface area contributed by atoms with Gasteiger partial charge in [-0.3, -0.25) is 14.9 Å². The lowest BCUT2D eigenvalue weighted by Crippen LogP contribution is -2.23. The lowest BCUT2D eigenvalue weighted by Gasteiger charge is -2.09. The van der Waals surface area contributed by atoms with Gasteiger partial charge >= 0.3 is 0 Å². The summed E-state index contributed by atoms with van der Waals surface area (Å²) in [6, 6.07) is 10.0. The molecule has 0 aliphatic heterocycles. The number of aryl methyl sites for hydroxylation is 1. The molecule has 0 fully saturated rings. The first-order valence-corrected chi connectivity index (χ1v) is 9.38. The van der Waals surface area contributed by atoms with Crippen LogP contribution >= 0.6 is 0 Å². The van der Waals surface area contributed by atoms with Crippen LogP contribution in [0.3, 0.4) is 0 Å². The van der Waals surface area contributed by atoms with E-state index >= 15 is 0 Å². The summed E-state index contributed by atoms with van der Waals surface area (Å²) in [5, 5.41) is 13.5. The molecule has 0 aliphatic carbocycles. The zero-order valence-electron chi connectivity index (χ0n) is 14.3. The second-order valence-electron chi connectivity index (χ2n) is 5.49. The monoisotopic (exact) mass is 378 g/mol. The lowest BCUT2D eigenvalue weighted by atomic mass is 10.2. The van der Waals surface area contributed by atoms with Crippen LogP contribution in [0.4, 0.5) is 11.4 Å². The molecule has 0 aliphatic rings. The van der Waals surface area contributed by atoms with Crippen LogP contribution in [0.2, 0.25) is 0 Å². The molecule has 9 heteroatoms. The number of carbonyl (C=O) groups is 1. The van der Waals surface area contributed by atoms with E-state index in [1.807, 2.05) is 6.92 Å². The van der Waals surface area contributed by atoms with Gasteiger partial charge in [-0.05, 0) is 38.1 Å². The van der Waals surface area contributed by atoms with Gasteiger partial charge in [-0.2, -0.15) is 0 Å². The first-order chi connectivity index (χ1) is 12.2. The molecule has 0 unspecified atom stereocenters. The Morgan fingerprint density at radius 2 is 1.85 bits per heavy atom. The van der Waals surface area contributed by atoms with Crippen LogP contribution in [0.1, 0.15) is 12.5 Å². The van der Waals surface area contributed by atoms with Crippen molar-refractivity contribution in [2.45, 2.75) is 18.7 Å². The number of sulfone groups is 1. The maximum Gasteiger partial charge on any atom is 0.296 e. The van der Waals surface area contributed by atoms with Crippen LogP contribution in [0.5, 0.6) is 5.75 Å². The first kappa shape index (κ1) is 19.4. The number of amides is 1. The number of nitrogens with zero attached hydrogens (tertiary/aromatic N) is 1. The number of hydrogen-bond donors (Lipinski definition) is 1. The smallest absolute Gasteiger partial charge is 0.296 e. The topological polar surface area (TPSA) is 116 Å². The average Bonchev–Trinajstić information content (AvgIpc) is 2.56. The molecule has 0 spiro atoms. The van der Waals surface area contributed by atoms with Crippen LogP contribution in [0, 0.1) is 17.0 Å². The summed E-state index contributed by atoms with van der Waals surface area (Å²) in [5.41, 5.74) is 0.415. The van der Waals surface area contributed by atoms with Gasteiger partial charge in [0.2, 0.25) is 5.91 Å². The maximum atomic E-state index is 12.3. The van der Waals surface area contributed by atoms with Crippen molar-refractivity contribution in [1.82, 2.24) is 0 Å². The number of nitro benzene ring substituents is 1. The van der Waals surface area contributed by atoms with Crippen LogP contribution < -0.4 is 10.1 Å². The van der Waals surface area contributed by atoms with E-state index in [1.54, 1.807) is 19.1 Å². The standard InChI is InChI=1S/C17H18N2O6S/c1-3-25-13-6-9-15(16(10-13)19(21)22)18-17(20)11-26(23,24)14-7-4-12(2)5-8-14/h4-10H,3,11H2,1-2H3,(H,18,20). The van der Waals surface area contributed by atoms with E-state index in [0.29, 0.717) is 6.61 Å².